The van der Waals surface area contributed by atoms with Gasteiger partial charge in [0.05, 0.1) is 24.3 Å². The summed E-state index contributed by atoms with van der Waals surface area (Å²) in [5.41, 5.74) is 9.80. The number of esters is 1. The number of cyclic esters (lactones) is 1. The predicted molar refractivity (Wildman–Crippen MR) is 256 cm³/mol. The second kappa shape index (κ2) is 20.4. The summed E-state index contributed by atoms with van der Waals surface area (Å²) in [6, 6.07) is 10.5. The molecule has 2 saturated heterocycles. The zero-order valence-corrected chi connectivity index (χ0v) is 40.3. The lowest BCUT2D eigenvalue weighted by Crippen LogP contribution is -2.62. The smallest absolute Gasteiger partial charge is 0.324 e. The van der Waals surface area contributed by atoms with Crippen LogP contribution in [0.15, 0.2) is 67.5 Å². The number of likely N-dealkylation sites (tertiary alicyclic amines) is 1. The highest BCUT2D eigenvalue weighted by Crippen LogP contribution is 2.43. The highest BCUT2D eigenvalue weighted by atomic mass is 16.5. The zero-order chi connectivity index (χ0) is 48.3. The Balaban J connectivity index is 1.31. The van der Waals surface area contributed by atoms with Gasteiger partial charge in [-0.15, -0.1) is 0 Å². The number of fused-ring (bicyclic) bond motifs is 6. The topological polar surface area (TPSA) is 176 Å². The van der Waals surface area contributed by atoms with Crippen molar-refractivity contribution in [3.05, 3.63) is 84.2 Å². The number of hydrazine groups is 1. The first kappa shape index (κ1) is 48.9. The largest absolute Gasteiger partial charge is 0.508 e. The number of carbonyl (C=O) groups is 5. The maximum Gasteiger partial charge on any atom is 0.324 e. The number of aromatic nitrogens is 2. The van der Waals surface area contributed by atoms with Crippen molar-refractivity contribution in [1.29, 1.82) is 0 Å². The molecule has 2 aromatic heterocycles. The second-order valence-corrected chi connectivity index (χ2v) is 19.4. The van der Waals surface area contributed by atoms with Crippen LogP contribution in [0.4, 0.5) is 0 Å². The van der Waals surface area contributed by atoms with Gasteiger partial charge in [-0.1, -0.05) is 53.3 Å². The van der Waals surface area contributed by atoms with E-state index in [2.05, 4.69) is 66.7 Å². The van der Waals surface area contributed by atoms with Crippen molar-refractivity contribution in [2.75, 3.05) is 40.4 Å². The Bertz CT molecular complexity index is 2530. The molecule has 6 bridgehead atoms. The lowest BCUT2D eigenvalue weighted by molar-refractivity contribution is -0.155. The molecule has 1 unspecified atom stereocenters. The number of carbonyl (C=O) groups excluding carboxylic acids is 5. The standard InChI is InChI=1S/C52H67N7O8/c1-10-44(66-9)37-17-19-53-28-40(37)47-39-27-52(6,7)30-67-51(65)41-14-13-20-59(55-41)50(64)42(24-32-22-35(25-36(60)23-32)33-15-16-43(38(39)26-33)58(47)12-3)54-48(62)46(31(4)5)56(8)49(63)34-18-21-57(29-34)45(61)11-2/h11,15-17,19,22-23,25-26,28,31,34,41-42,44,46,55,60H,2,10,12-14,18,20-21,24,27,29-30H2,1,3-9H3,(H,54,62)/t34-,41-,42?,44-,46-/m0/s1. The van der Waals surface area contributed by atoms with Crippen LogP contribution < -0.4 is 10.7 Å². The van der Waals surface area contributed by atoms with Gasteiger partial charge in [0.15, 0.2) is 0 Å². The van der Waals surface area contributed by atoms with E-state index in [4.69, 9.17) is 9.47 Å². The second-order valence-electron chi connectivity index (χ2n) is 19.4. The Morgan fingerprint density at radius 2 is 1.87 bits per heavy atom. The molecule has 0 spiro atoms. The molecule has 5 heterocycles. The number of amides is 4. The van der Waals surface area contributed by atoms with E-state index >= 15 is 0 Å². The quantitative estimate of drug-likeness (QED) is 0.114. The van der Waals surface area contributed by atoms with Crippen molar-refractivity contribution in [3.63, 3.8) is 0 Å². The van der Waals surface area contributed by atoms with Gasteiger partial charge in [-0.25, -0.2) is 5.43 Å². The number of phenolic OH excluding ortho intramolecular Hbond substituents is 1. The fraction of sp³-hybridized carbons (Fsp3) is 0.500. The lowest BCUT2D eigenvalue weighted by Gasteiger charge is -2.37. The van der Waals surface area contributed by atoms with Crippen molar-refractivity contribution in [2.45, 2.75) is 111 Å². The molecule has 2 fully saturated rings. The summed E-state index contributed by atoms with van der Waals surface area (Å²) in [5.74, 6) is -2.86. The van der Waals surface area contributed by atoms with Crippen LogP contribution in [0.1, 0.15) is 90.0 Å². The lowest BCUT2D eigenvalue weighted by atomic mass is 9.83. The van der Waals surface area contributed by atoms with E-state index in [1.165, 1.54) is 16.0 Å². The molecule has 15 nitrogen and oxygen atoms in total. The highest BCUT2D eigenvalue weighted by Gasteiger charge is 2.40. The molecule has 4 amide bonds. The first-order chi connectivity index (χ1) is 32.0. The number of methoxy groups -OCH3 is 1. The molecular formula is C52H67N7O8. The third-order valence-electron chi connectivity index (χ3n) is 13.6. The minimum Gasteiger partial charge on any atom is -0.508 e. The van der Waals surface area contributed by atoms with Crippen molar-refractivity contribution >= 4 is 40.5 Å². The Morgan fingerprint density at radius 1 is 1.09 bits per heavy atom. The number of benzene rings is 2. The van der Waals surface area contributed by atoms with Crippen molar-refractivity contribution in [2.24, 2.45) is 17.3 Å². The Kier molecular flexibility index (Phi) is 14.9. The predicted octanol–water partition coefficient (Wildman–Crippen LogP) is 6.36. The van der Waals surface area contributed by atoms with Crippen LogP contribution in [-0.2, 0) is 52.8 Å². The number of phenols is 1. The number of pyridine rings is 1. The van der Waals surface area contributed by atoms with Gasteiger partial charge in [-0.2, -0.15) is 0 Å². The van der Waals surface area contributed by atoms with E-state index < -0.39 is 47.2 Å². The number of likely N-dealkylation sites (N-methyl/N-ethyl adjacent to an activating group) is 1. The number of hydrogen-bond donors (Lipinski definition) is 3. The van der Waals surface area contributed by atoms with Crippen molar-refractivity contribution < 1.29 is 38.6 Å². The first-order valence-electron chi connectivity index (χ1n) is 23.7. The molecule has 3 aliphatic heterocycles. The molecule has 0 radical (unpaired) electrons. The summed E-state index contributed by atoms with van der Waals surface area (Å²) >= 11 is 0. The normalized spacial score (nSPS) is 20.8. The number of ether oxygens (including phenoxy) is 2. The van der Waals surface area contributed by atoms with E-state index in [0.29, 0.717) is 44.3 Å². The third-order valence-corrected chi connectivity index (χ3v) is 13.6. The number of aromatic hydroxyl groups is 1. The number of rotatable bonds is 11. The zero-order valence-electron chi connectivity index (χ0n) is 40.3. The van der Waals surface area contributed by atoms with Gasteiger partial charge in [-0.3, -0.25) is 34.0 Å². The van der Waals surface area contributed by atoms with Crippen LogP contribution in [0.2, 0.25) is 0 Å². The van der Waals surface area contributed by atoms with Gasteiger partial charge < -0.3 is 34.3 Å². The van der Waals surface area contributed by atoms with Gasteiger partial charge in [0.25, 0.3) is 5.91 Å². The van der Waals surface area contributed by atoms with E-state index in [1.807, 2.05) is 38.2 Å². The van der Waals surface area contributed by atoms with Gasteiger partial charge in [0.1, 0.15) is 23.9 Å². The van der Waals surface area contributed by atoms with E-state index in [1.54, 1.807) is 37.4 Å². The number of hydrogen-bond acceptors (Lipinski definition) is 10. The summed E-state index contributed by atoms with van der Waals surface area (Å²) < 4.78 is 14.4. The first-order valence-corrected chi connectivity index (χ1v) is 23.7. The monoisotopic (exact) mass is 918 g/mol. The minimum absolute atomic E-state index is 0.0110. The SMILES string of the molecule is C=CC(=O)N1CC[C@H](C(=O)N(C)[C@H](C(=O)NC2Cc3cc(O)cc(c3)-c3ccc4c(c3)c(c(-c3cnccc3[C@H](CC)OC)n4CC)CC(C)(C)COC(=O)[C@@H]3CCCN(N3)C2=O)C(C)C)C1. The molecule has 2 aromatic carbocycles. The number of nitrogens with zero attached hydrogens (tertiary/aromatic N) is 5. The molecule has 4 aromatic rings. The summed E-state index contributed by atoms with van der Waals surface area (Å²) in [5, 5.41) is 16.7. The summed E-state index contributed by atoms with van der Waals surface area (Å²) in [7, 11) is 3.30. The average molecular weight is 918 g/mol. The van der Waals surface area contributed by atoms with E-state index in [-0.39, 0.29) is 55.7 Å². The Morgan fingerprint density at radius 3 is 2.57 bits per heavy atom. The maximum absolute atomic E-state index is 14.7. The fourth-order valence-corrected chi connectivity index (χ4v) is 10.3. The van der Waals surface area contributed by atoms with Crippen LogP contribution in [-0.4, -0.2) is 118 Å². The molecule has 358 valence electrons. The third kappa shape index (κ3) is 10.3. The van der Waals surface area contributed by atoms with Crippen molar-refractivity contribution in [3.8, 4) is 28.1 Å². The van der Waals surface area contributed by atoms with Crippen LogP contribution in [0, 0.1) is 17.3 Å². The van der Waals surface area contributed by atoms with Crippen LogP contribution >= 0.6 is 0 Å². The molecule has 15 heteroatoms. The molecule has 3 aliphatic rings. The van der Waals surface area contributed by atoms with E-state index in [9.17, 15) is 29.1 Å². The summed E-state index contributed by atoms with van der Waals surface area (Å²) in [6.45, 7) is 17.3. The van der Waals surface area contributed by atoms with Crippen LogP contribution in [0.5, 0.6) is 5.75 Å². The van der Waals surface area contributed by atoms with Gasteiger partial charge in [-0.05, 0) is 109 Å². The van der Waals surface area contributed by atoms with Gasteiger partial charge in [0.2, 0.25) is 17.7 Å². The van der Waals surface area contributed by atoms with Crippen LogP contribution in [0.3, 0.4) is 0 Å². The molecule has 0 saturated carbocycles. The average Bonchev–Trinajstić information content (AvgIpc) is 3.93. The fourth-order valence-electron chi connectivity index (χ4n) is 10.3. The highest BCUT2D eigenvalue weighted by molar-refractivity contribution is 5.96. The Labute approximate surface area is 393 Å². The molecule has 0 aliphatic carbocycles. The maximum atomic E-state index is 14.7. The minimum atomic E-state index is -1.16. The van der Waals surface area contributed by atoms with Gasteiger partial charge >= 0.3 is 5.97 Å². The molecule has 3 N–H and O–H groups in total. The Hall–Kier alpha value is -6.06. The molecule has 67 heavy (non-hydrogen) atoms. The molecular weight excluding hydrogens is 851 g/mol. The molecule has 5 atom stereocenters. The summed E-state index contributed by atoms with van der Waals surface area (Å²) in [4.78, 5) is 77.1. The van der Waals surface area contributed by atoms with E-state index in [0.717, 1.165) is 50.8 Å². The molecule has 7 rings (SSSR count). The van der Waals surface area contributed by atoms with Gasteiger partial charge in [0, 0.05) is 81.0 Å². The summed E-state index contributed by atoms with van der Waals surface area (Å²) in [6.07, 6.45) is 7.46. The van der Waals surface area contributed by atoms with Crippen molar-refractivity contribution in [1.82, 2.24) is 35.1 Å². The number of nitrogens with one attached hydrogen (secondary N) is 2. The number of aryl methyl sites for hydroxylation is 1. The van der Waals surface area contributed by atoms with Crippen LogP contribution in [0.25, 0.3) is 33.3 Å².